The van der Waals surface area contributed by atoms with Crippen LogP contribution in [0.15, 0.2) is 12.1 Å². The van der Waals surface area contributed by atoms with Crippen molar-refractivity contribution in [2.24, 2.45) is 0 Å². The molecule has 0 fully saturated rings. The van der Waals surface area contributed by atoms with E-state index in [1.807, 2.05) is 13.8 Å². The largest absolute Gasteiger partial charge is 0.496 e. The van der Waals surface area contributed by atoms with E-state index in [1.165, 1.54) is 7.11 Å². The quantitative estimate of drug-likeness (QED) is 0.792. The molecule has 82 valence electrons. The number of methoxy groups -OCH3 is 1. The maximum Gasteiger partial charge on any atom is 0.337 e. The van der Waals surface area contributed by atoms with E-state index in [0.29, 0.717) is 11.3 Å². The lowest BCUT2D eigenvalue weighted by atomic mass is 10.0. The first-order valence-corrected chi connectivity index (χ1v) is 4.53. The number of carboxylic acid groups (broad SMARTS) is 1. The zero-order valence-corrected chi connectivity index (χ0v) is 8.94. The molecule has 0 saturated carbocycles. The minimum Gasteiger partial charge on any atom is -0.496 e. The lowest BCUT2D eigenvalue weighted by Gasteiger charge is -2.12. The van der Waals surface area contributed by atoms with Crippen LogP contribution in [0.3, 0.4) is 0 Å². The molecule has 0 heterocycles. The highest BCUT2D eigenvalue weighted by molar-refractivity contribution is 5.74. The van der Waals surface area contributed by atoms with Gasteiger partial charge in [-0.2, -0.15) is 0 Å². The van der Waals surface area contributed by atoms with Crippen molar-refractivity contribution in [2.75, 3.05) is 7.11 Å². The molecule has 1 aromatic rings. The van der Waals surface area contributed by atoms with Gasteiger partial charge in [-0.15, -0.1) is 0 Å². The van der Waals surface area contributed by atoms with Crippen molar-refractivity contribution in [1.82, 2.24) is 0 Å². The monoisotopic (exact) mass is 210 g/mol. The maximum absolute atomic E-state index is 10.6. The molecular formula is C11H14O4. The molecule has 0 aliphatic heterocycles. The number of carboxylic acids is 1. The number of rotatable bonds is 3. The number of hydrogen-bond acceptors (Lipinski definition) is 3. The Morgan fingerprint density at radius 3 is 2.47 bits per heavy atom. The van der Waals surface area contributed by atoms with Crippen LogP contribution in [0.4, 0.5) is 0 Å². The number of ether oxygens (including phenoxy) is 1. The molecule has 15 heavy (non-hydrogen) atoms. The normalized spacial score (nSPS) is 12.3. The molecule has 0 aromatic heterocycles. The summed E-state index contributed by atoms with van der Waals surface area (Å²) < 4.78 is 5.09. The molecule has 4 nitrogen and oxygen atoms in total. The van der Waals surface area contributed by atoms with Gasteiger partial charge < -0.3 is 14.9 Å². The van der Waals surface area contributed by atoms with Crippen LogP contribution in [0.25, 0.3) is 0 Å². The molecule has 4 heteroatoms. The van der Waals surface area contributed by atoms with Gasteiger partial charge in [0.05, 0.1) is 7.11 Å². The van der Waals surface area contributed by atoms with Crippen molar-refractivity contribution in [3.05, 3.63) is 28.8 Å². The summed E-state index contributed by atoms with van der Waals surface area (Å²) in [5.41, 5.74) is 2.17. The number of aliphatic carboxylic acids is 1. The Bertz CT molecular complexity index is 384. The SMILES string of the molecule is COc1cc(C(O)C(=O)O)cc(C)c1C. The first-order valence-electron chi connectivity index (χ1n) is 4.53. The molecule has 0 saturated heterocycles. The van der Waals surface area contributed by atoms with Gasteiger partial charge in [-0.3, -0.25) is 0 Å². The van der Waals surface area contributed by atoms with E-state index in [4.69, 9.17) is 9.84 Å². The van der Waals surface area contributed by atoms with Gasteiger partial charge in [0, 0.05) is 0 Å². The van der Waals surface area contributed by atoms with Crippen molar-refractivity contribution in [2.45, 2.75) is 20.0 Å². The average molecular weight is 210 g/mol. The number of benzene rings is 1. The lowest BCUT2D eigenvalue weighted by Crippen LogP contribution is -2.11. The second kappa shape index (κ2) is 4.31. The van der Waals surface area contributed by atoms with Crippen molar-refractivity contribution in [1.29, 1.82) is 0 Å². The van der Waals surface area contributed by atoms with Gasteiger partial charge in [0.25, 0.3) is 0 Å². The molecule has 1 atom stereocenters. The van der Waals surface area contributed by atoms with Gasteiger partial charge in [0.15, 0.2) is 6.10 Å². The fourth-order valence-corrected chi connectivity index (χ4v) is 1.37. The molecule has 2 N–H and O–H groups in total. The Kier molecular flexibility index (Phi) is 3.31. The molecule has 0 radical (unpaired) electrons. The summed E-state index contributed by atoms with van der Waals surface area (Å²) in [7, 11) is 1.51. The zero-order valence-electron chi connectivity index (χ0n) is 8.94. The highest BCUT2D eigenvalue weighted by atomic mass is 16.5. The van der Waals surface area contributed by atoms with Crippen molar-refractivity contribution >= 4 is 5.97 Å². The summed E-state index contributed by atoms with van der Waals surface area (Å²) in [6.07, 6.45) is -1.50. The molecule has 0 aliphatic rings. The Morgan fingerprint density at radius 2 is 2.00 bits per heavy atom. The van der Waals surface area contributed by atoms with Gasteiger partial charge in [0.1, 0.15) is 5.75 Å². The lowest BCUT2D eigenvalue weighted by molar-refractivity contribution is -0.146. The van der Waals surface area contributed by atoms with E-state index >= 15 is 0 Å². The van der Waals surface area contributed by atoms with Gasteiger partial charge in [-0.25, -0.2) is 4.79 Å². The Morgan fingerprint density at radius 1 is 1.40 bits per heavy atom. The molecule has 0 bridgehead atoms. The fourth-order valence-electron chi connectivity index (χ4n) is 1.37. The first-order chi connectivity index (χ1) is 6.97. The van der Waals surface area contributed by atoms with Crippen molar-refractivity contribution in [3.63, 3.8) is 0 Å². The van der Waals surface area contributed by atoms with Crippen LogP contribution in [0.2, 0.25) is 0 Å². The number of carbonyl (C=O) groups is 1. The molecular weight excluding hydrogens is 196 g/mol. The van der Waals surface area contributed by atoms with Crippen LogP contribution in [-0.4, -0.2) is 23.3 Å². The van der Waals surface area contributed by atoms with Crippen LogP contribution in [0.1, 0.15) is 22.8 Å². The van der Waals surface area contributed by atoms with Gasteiger partial charge in [-0.05, 0) is 36.6 Å². The summed E-state index contributed by atoms with van der Waals surface area (Å²) in [5.74, 6) is -0.675. The molecule has 0 amide bonds. The smallest absolute Gasteiger partial charge is 0.337 e. The third-order valence-corrected chi connectivity index (χ3v) is 2.41. The summed E-state index contributed by atoms with van der Waals surface area (Å²) in [6, 6.07) is 3.19. The number of hydrogen-bond donors (Lipinski definition) is 2. The maximum atomic E-state index is 10.6. The van der Waals surface area contributed by atoms with Crippen molar-refractivity contribution < 1.29 is 19.7 Å². The van der Waals surface area contributed by atoms with E-state index < -0.39 is 12.1 Å². The molecule has 0 aliphatic carbocycles. The van der Waals surface area contributed by atoms with E-state index in [-0.39, 0.29) is 0 Å². The Balaban J connectivity index is 3.22. The average Bonchev–Trinajstić information content (AvgIpc) is 2.20. The molecule has 1 aromatic carbocycles. The standard InChI is InChI=1S/C11H14O4/c1-6-4-8(10(12)11(13)14)5-9(15-3)7(6)2/h4-5,10,12H,1-3H3,(H,13,14). The highest BCUT2D eigenvalue weighted by Gasteiger charge is 2.18. The summed E-state index contributed by atoms with van der Waals surface area (Å²) in [6.45, 7) is 3.72. The summed E-state index contributed by atoms with van der Waals surface area (Å²) >= 11 is 0. The highest BCUT2D eigenvalue weighted by Crippen LogP contribution is 2.26. The van der Waals surface area contributed by atoms with E-state index in [9.17, 15) is 9.90 Å². The van der Waals surface area contributed by atoms with Crippen molar-refractivity contribution in [3.8, 4) is 5.75 Å². The predicted molar refractivity (Wildman–Crippen MR) is 55.1 cm³/mol. The van der Waals surface area contributed by atoms with Gasteiger partial charge >= 0.3 is 5.97 Å². The van der Waals surface area contributed by atoms with Crippen LogP contribution in [-0.2, 0) is 4.79 Å². The van der Waals surface area contributed by atoms with E-state index in [1.54, 1.807) is 12.1 Å². The minimum absolute atomic E-state index is 0.336. The number of aryl methyl sites for hydroxylation is 1. The van der Waals surface area contributed by atoms with E-state index in [0.717, 1.165) is 11.1 Å². The van der Waals surface area contributed by atoms with E-state index in [2.05, 4.69) is 0 Å². The second-order valence-electron chi connectivity index (χ2n) is 3.41. The van der Waals surface area contributed by atoms with Gasteiger partial charge in [0.2, 0.25) is 0 Å². The van der Waals surface area contributed by atoms with Gasteiger partial charge in [-0.1, -0.05) is 6.07 Å². The Hall–Kier alpha value is -1.55. The number of aliphatic hydroxyl groups is 1. The topological polar surface area (TPSA) is 66.8 Å². The molecule has 1 unspecified atom stereocenters. The third-order valence-electron chi connectivity index (χ3n) is 2.41. The zero-order chi connectivity index (χ0) is 11.6. The minimum atomic E-state index is -1.50. The Labute approximate surface area is 88.1 Å². The van der Waals surface area contributed by atoms with Crippen LogP contribution >= 0.6 is 0 Å². The fraction of sp³-hybridized carbons (Fsp3) is 0.364. The summed E-state index contributed by atoms with van der Waals surface area (Å²) in [4.78, 5) is 10.6. The molecule has 0 spiro atoms. The van der Waals surface area contributed by atoms with Crippen LogP contribution in [0, 0.1) is 13.8 Å². The number of aliphatic hydroxyl groups excluding tert-OH is 1. The van der Waals surface area contributed by atoms with Crippen LogP contribution in [0.5, 0.6) is 5.75 Å². The molecule has 1 rings (SSSR count). The first kappa shape index (κ1) is 11.5. The predicted octanol–water partition coefficient (Wildman–Crippen LogP) is 1.43. The third kappa shape index (κ3) is 2.27. The van der Waals surface area contributed by atoms with Crippen LogP contribution < -0.4 is 4.74 Å². The second-order valence-corrected chi connectivity index (χ2v) is 3.41. The summed E-state index contributed by atoms with van der Waals surface area (Å²) in [5, 5.41) is 18.0.